The third-order valence-corrected chi connectivity index (χ3v) is 4.25. The van der Waals surface area contributed by atoms with Crippen LogP contribution >= 0.6 is 0 Å². The molecule has 3 amide bonds. The number of aliphatic hydroxyl groups is 1. The molecule has 0 bridgehead atoms. The van der Waals surface area contributed by atoms with Gasteiger partial charge in [-0.2, -0.15) is 0 Å². The number of amides is 3. The topological polar surface area (TPSA) is 145 Å². The lowest BCUT2D eigenvalue weighted by Gasteiger charge is -2.32. The van der Waals surface area contributed by atoms with Crippen molar-refractivity contribution in [2.45, 2.75) is 13.1 Å². The van der Waals surface area contributed by atoms with Crippen molar-refractivity contribution in [1.82, 2.24) is 20.4 Å². The van der Waals surface area contributed by atoms with Gasteiger partial charge in [0.05, 0.1) is 6.54 Å². The van der Waals surface area contributed by atoms with Crippen LogP contribution in [0, 0.1) is 0 Å². The molecule has 1 aliphatic heterocycles. The van der Waals surface area contributed by atoms with Crippen LogP contribution in [-0.4, -0.2) is 85.3 Å². The monoisotopic (exact) mass is 407 g/mol. The van der Waals surface area contributed by atoms with Crippen LogP contribution in [-0.2, 0) is 32.3 Å². The van der Waals surface area contributed by atoms with Gasteiger partial charge in [-0.05, 0) is 18.2 Å². The Morgan fingerprint density at radius 1 is 1.10 bits per heavy atom. The van der Waals surface area contributed by atoms with E-state index in [1.54, 1.807) is 4.90 Å². The van der Waals surface area contributed by atoms with Gasteiger partial charge in [0.1, 0.15) is 6.61 Å². The molecule has 10 nitrogen and oxygen atoms in total. The molecule has 1 fully saturated rings. The van der Waals surface area contributed by atoms with Gasteiger partial charge in [-0.15, -0.1) is 0 Å². The van der Waals surface area contributed by atoms with E-state index < -0.39 is 18.3 Å². The molecule has 160 valence electrons. The number of piperazine rings is 1. The summed E-state index contributed by atoms with van der Waals surface area (Å²) in [5, 5.41) is 13.7. The van der Waals surface area contributed by atoms with Crippen molar-refractivity contribution in [2.75, 3.05) is 46.4 Å². The minimum Gasteiger partial charge on any atom is -0.388 e. The molecule has 2 rings (SSSR count). The molecular weight excluding hydrogens is 378 g/mol. The maximum atomic E-state index is 11.6. The van der Waals surface area contributed by atoms with Gasteiger partial charge in [0.15, 0.2) is 0 Å². The van der Waals surface area contributed by atoms with Gasteiger partial charge < -0.3 is 31.3 Å². The zero-order chi connectivity index (χ0) is 21.6. The van der Waals surface area contributed by atoms with Crippen molar-refractivity contribution >= 4 is 24.0 Å². The lowest BCUT2D eigenvalue weighted by atomic mass is 10.1. The number of aliphatic hydroxyl groups excluding tert-OH is 1. The molecule has 0 aliphatic carbocycles. The molecule has 1 aromatic carbocycles. The summed E-state index contributed by atoms with van der Waals surface area (Å²) in [4.78, 5) is 46.9. The van der Waals surface area contributed by atoms with Gasteiger partial charge in [-0.3, -0.25) is 19.2 Å². The summed E-state index contributed by atoms with van der Waals surface area (Å²) in [5.41, 5.74) is 7.94. The smallest absolute Gasteiger partial charge is 0.290 e. The summed E-state index contributed by atoms with van der Waals surface area (Å²) >= 11 is 0. The average molecular weight is 407 g/mol. The second-order valence-corrected chi connectivity index (χ2v) is 6.34. The van der Waals surface area contributed by atoms with Crippen LogP contribution in [0.15, 0.2) is 24.3 Å². The highest BCUT2D eigenvalue weighted by atomic mass is 16.3. The van der Waals surface area contributed by atoms with Crippen LogP contribution < -0.4 is 16.4 Å². The minimum absolute atomic E-state index is 0.286. The Morgan fingerprint density at radius 2 is 1.69 bits per heavy atom. The Kier molecular flexibility index (Phi) is 11.2. The summed E-state index contributed by atoms with van der Waals surface area (Å²) in [7, 11) is 1.94. The number of ketones is 1. The molecule has 0 atom stereocenters. The predicted octanol–water partition coefficient (Wildman–Crippen LogP) is -2.17. The van der Waals surface area contributed by atoms with Crippen molar-refractivity contribution in [1.29, 1.82) is 0 Å². The molecule has 0 spiro atoms. The number of nitrogens with zero attached hydrogens (tertiary/aromatic N) is 2. The van der Waals surface area contributed by atoms with E-state index in [4.69, 9.17) is 10.8 Å². The van der Waals surface area contributed by atoms with Gasteiger partial charge in [0, 0.05) is 39.3 Å². The highest BCUT2D eigenvalue weighted by Crippen LogP contribution is 2.02. The Labute approximate surface area is 170 Å². The lowest BCUT2D eigenvalue weighted by Crippen LogP contribution is -2.51. The summed E-state index contributed by atoms with van der Waals surface area (Å²) in [6, 6.07) is 8.32. The van der Waals surface area contributed by atoms with Crippen molar-refractivity contribution in [3.8, 4) is 0 Å². The molecule has 0 aromatic heterocycles. The lowest BCUT2D eigenvalue weighted by molar-refractivity contribution is -0.141. The first kappa shape index (κ1) is 24.2. The van der Waals surface area contributed by atoms with Crippen LogP contribution in [0.5, 0.6) is 0 Å². The van der Waals surface area contributed by atoms with Crippen molar-refractivity contribution < 1.29 is 24.3 Å². The number of benzene rings is 1. The van der Waals surface area contributed by atoms with E-state index in [-0.39, 0.29) is 12.5 Å². The van der Waals surface area contributed by atoms with Crippen LogP contribution in [0.4, 0.5) is 0 Å². The Hall–Kier alpha value is -2.82. The predicted molar refractivity (Wildman–Crippen MR) is 106 cm³/mol. The van der Waals surface area contributed by atoms with Gasteiger partial charge in [0.2, 0.25) is 18.1 Å². The van der Waals surface area contributed by atoms with E-state index >= 15 is 0 Å². The summed E-state index contributed by atoms with van der Waals surface area (Å²) < 4.78 is 0. The zero-order valence-electron chi connectivity index (χ0n) is 16.6. The summed E-state index contributed by atoms with van der Waals surface area (Å²) in [5.74, 6) is -2.27. The number of rotatable bonds is 8. The van der Waals surface area contributed by atoms with E-state index in [0.29, 0.717) is 32.7 Å². The van der Waals surface area contributed by atoms with Crippen molar-refractivity contribution in [3.05, 3.63) is 35.4 Å². The molecule has 1 heterocycles. The number of hydrogen-bond acceptors (Lipinski definition) is 7. The molecular formula is C19H29N5O5. The molecule has 0 radical (unpaired) electrons. The number of hydrogen-bond donors (Lipinski definition) is 4. The standard InChI is InChI=1S/C10H15N3O5.C9H14N2/c14-6-8(16)10(18)11-5-9(17)13-3-1-12(7-15)2-4-13;1-11-7-9-4-2-8(6-10)3-5-9/h7,14H,1-6H2,(H,11,18);2-5,11H,6-7,10H2,1H3. The quantitative estimate of drug-likeness (QED) is 0.283. The first-order chi connectivity index (χ1) is 13.9. The molecule has 10 heteroatoms. The van der Waals surface area contributed by atoms with Crippen LogP contribution in [0.1, 0.15) is 11.1 Å². The Morgan fingerprint density at radius 3 is 2.17 bits per heavy atom. The molecule has 1 aliphatic rings. The fraction of sp³-hybridized carbons (Fsp3) is 0.474. The summed E-state index contributed by atoms with van der Waals surface area (Å²) in [6.45, 7) is 2.11. The van der Waals surface area contributed by atoms with Crippen molar-refractivity contribution in [3.63, 3.8) is 0 Å². The normalized spacial score (nSPS) is 13.2. The molecule has 0 saturated carbocycles. The second-order valence-electron chi connectivity index (χ2n) is 6.34. The molecule has 0 unspecified atom stereocenters. The molecule has 5 N–H and O–H groups in total. The van der Waals surface area contributed by atoms with Gasteiger partial charge in [-0.25, -0.2) is 0 Å². The maximum Gasteiger partial charge on any atom is 0.290 e. The number of nitrogens with two attached hydrogens (primary N) is 1. The fourth-order valence-corrected chi connectivity index (χ4v) is 2.51. The van der Waals surface area contributed by atoms with Gasteiger partial charge in [-0.1, -0.05) is 24.3 Å². The van der Waals surface area contributed by atoms with Crippen LogP contribution in [0.25, 0.3) is 0 Å². The van der Waals surface area contributed by atoms with Gasteiger partial charge >= 0.3 is 0 Å². The molecule has 29 heavy (non-hydrogen) atoms. The largest absolute Gasteiger partial charge is 0.388 e. The SMILES string of the molecule is CNCc1ccc(CN)cc1.O=CN1CCN(C(=O)CNC(=O)C(=O)CO)CC1. The van der Waals surface area contributed by atoms with E-state index in [2.05, 4.69) is 34.9 Å². The number of carbonyl (C=O) groups excluding carboxylic acids is 4. The zero-order valence-corrected chi connectivity index (χ0v) is 16.6. The Bertz CT molecular complexity index is 672. The maximum absolute atomic E-state index is 11.6. The molecule has 1 aromatic rings. The molecule has 1 saturated heterocycles. The first-order valence-electron chi connectivity index (χ1n) is 9.26. The van der Waals surface area contributed by atoms with E-state index in [1.165, 1.54) is 16.0 Å². The third kappa shape index (κ3) is 8.81. The highest BCUT2D eigenvalue weighted by molar-refractivity contribution is 6.36. The van der Waals surface area contributed by atoms with Crippen molar-refractivity contribution in [2.24, 2.45) is 5.73 Å². The fourth-order valence-electron chi connectivity index (χ4n) is 2.51. The Balaban J connectivity index is 0.000000326. The van der Waals surface area contributed by atoms with Gasteiger partial charge in [0.25, 0.3) is 5.91 Å². The highest BCUT2D eigenvalue weighted by Gasteiger charge is 2.21. The van der Waals surface area contributed by atoms with Crippen LogP contribution in [0.2, 0.25) is 0 Å². The van der Waals surface area contributed by atoms with E-state index in [9.17, 15) is 19.2 Å². The van der Waals surface area contributed by atoms with Crippen LogP contribution in [0.3, 0.4) is 0 Å². The van der Waals surface area contributed by atoms with E-state index in [0.717, 1.165) is 13.0 Å². The number of nitrogens with one attached hydrogen (secondary N) is 2. The second kappa shape index (κ2) is 13.4. The third-order valence-electron chi connectivity index (χ3n) is 4.25. The summed E-state index contributed by atoms with van der Waals surface area (Å²) in [6.07, 6.45) is 0.726. The number of carbonyl (C=O) groups is 4. The van der Waals surface area contributed by atoms with E-state index in [1.807, 2.05) is 7.05 Å². The minimum atomic E-state index is -0.978. The average Bonchev–Trinajstić information content (AvgIpc) is 2.77. The first-order valence-corrected chi connectivity index (χ1v) is 9.26. The number of Topliss-reactive ketones (excluding diaryl/α,β-unsaturated/α-hetero) is 1.